The van der Waals surface area contributed by atoms with Crippen LogP contribution in [0.2, 0.25) is 0 Å². The molecule has 174 valence electrons. The molecule has 0 aliphatic rings. The molecule has 0 saturated heterocycles. The van der Waals surface area contributed by atoms with E-state index in [2.05, 4.69) is 26.0 Å². The molecule has 0 atom stereocenters. The highest BCUT2D eigenvalue weighted by molar-refractivity contribution is 7.90. The van der Waals surface area contributed by atoms with Gasteiger partial charge >= 0.3 is 12.1 Å². The van der Waals surface area contributed by atoms with Crippen molar-refractivity contribution in [1.29, 1.82) is 0 Å². The smallest absolute Gasteiger partial charge is 0.402 e. The monoisotopic (exact) mass is 471 g/mol. The third kappa shape index (κ3) is 7.56. The molecule has 0 spiro atoms. The molecule has 2 rings (SSSR count). The van der Waals surface area contributed by atoms with Gasteiger partial charge in [0.15, 0.2) is 5.03 Å². The van der Waals surface area contributed by atoms with Crippen LogP contribution in [0.4, 0.5) is 15.5 Å². The van der Waals surface area contributed by atoms with Crippen molar-refractivity contribution >= 4 is 34.0 Å². The van der Waals surface area contributed by atoms with Crippen molar-refractivity contribution in [3.8, 4) is 11.8 Å². The molecule has 2 aromatic heterocycles. The summed E-state index contributed by atoms with van der Waals surface area (Å²) < 4.78 is 36.7. The van der Waals surface area contributed by atoms with Crippen molar-refractivity contribution in [2.45, 2.75) is 5.03 Å². The molecule has 2 heterocycles. The Balaban J connectivity index is 0.00000118. The summed E-state index contributed by atoms with van der Waals surface area (Å²) in [5.74, 6) is -0.661. The lowest BCUT2D eigenvalue weighted by atomic mass is 10.2. The maximum atomic E-state index is 12.5. The summed E-state index contributed by atoms with van der Waals surface area (Å²) in [7, 11) is 1.15. The summed E-state index contributed by atoms with van der Waals surface area (Å²) in [6.07, 6.45) is -0.144. The number of sulfonamides is 1. The lowest BCUT2D eigenvalue weighted by Gasteiger charge is -2.14. The Kier molecular flexibility index (Phi) is 9.08. The maximum absolute atomic E-state index is 12.5. The van der Waals surface area contributed by atoms with E-state index in [0.717, 1.165) is 0 Å². The Labute approximate surface area is 182 Å². The summed E-state index contributed by atoms with van der Waals surface area (Å²) in [6.45, 7) is 0. The van der Waals surface area contributed by atoms with E-state index in [-0.39, 0.29) is 23.3 Å². The number of methoxy groups -OCH3 is 2. The summed E-state index contributed by atoms with van der Waals surface area (Å²) in [6, 6.07) is 2.90. The molecule has 0 aliphatic carbocycles. The van der Waals surface area contributed by atoms with E-state index < -0.39 is 33.1 Å². The van der Waals surface area contributed by atoms with Gasteiger partial charge in [-0.25, -0.2) is 19.3 Å². The van der Waals surface area contributed by atoms with Crippen LogP contribution in [-0.2, 0) is 10.0 Å². The first kappa shape index (κ1) is 25.8. The lowest BCUT2D eigenvalue weighted by Crippen LogP contribution is -2.36. The first-order valence-electron chi connectivity index (χ1n) is 8.37. The van der Waals surface area contributed by atoms with Crippen molar-refractivity contribution in [3.63, 3.8) is 0 Å². The van der Waals surface area contributed by atoms with Crippen molar-refractivity contribution in [1.82, 2.24) is 24.6 Å². The second-order valence-electron chi connectivity index (χ2n) is 5.73. The third-order valence-corrected chi connectivity index (χ3v) is 4.50. The van der Waals surface area contributed by atoms with E-state index in [9.17, 15) is 18.0 Å². The number of carbonyl (C=O) groups is 3. The largest absolute Gasteiger partial charge is 0.481 e. The van der Waals surface area contributed by atoms with Gasteiger partial charge in [0, 0.05) is 20.3 Å². The molecular formula is C16H21N7O8S. The van der Waals surface area contributed by atoms with Crippen LogP contribution in [0.3, 0.4) is 0 Å². The number of urea groups is 1. The number of nitrogens with zero attached hydrogens (tertiary/aromatic N) is 4. The Morgan fingerprint density at radius 1 is 1.12 bits per heavy atom. The summed E-state index contributed by atoms with van der Waals surface area (Å²) >= 11 is 0. The molecule has 0 bridgehead atoms. The van der Waals surface area contributed by atoms with E-state index in [4.69, 9.17) is 19.4 Å². The Hall–Kier alpha value is -4.21. The zero-order valence-electron chi connectivity index (χ0n) is 17.4. The van der Waals surface area contributed by atoms with Gasteiger partial charge in [-0.05, 0) is 12.1 Å². The Bertz CT molecular complexity index is 1070. The van der Waals surface area contributed by atoms with Gasteiger partial charge in [-0.3, -0.25) is 10.1 Å². The van der Waals surface area contributed by atoms with Crippen molar-refractivity contribution in [3.05, 3.63) is 30.0 Å². The van der Waals surface area contributed by atoms with Crippen molar-refractivity contribution in [2.75, 3.05) is 33.6 Å². The van der Waals surface area contributed by atoms with Crippen LogP contribution in [0.1, 0.15) is 10.4 Å². The lowest BCUT2D eigenvalue weighted by molar-refractivity contribution is 0.0823. The van der Waals surface area contributed by atoms with E-state index in [1.165, 1.54) is 57.6 Å². The normalized spacial score (nSPS) is 10.1. The van der Waals surface area contributed by atoms with Gasteiger partial charge < -0.3 is 25.2 Å². The second kappa shape index (κ2) is 11.3. The minimum absolute atomic E-state index is 0.0913. The molecular weight excluding hydrogens is 450 g/mol. The number of rotatable bonds is 6. The quantitative estimate of drug-likeness (QED) is 0.429. The fraction of sp³-hybridized carbons (Fsp3) is 0.250. The predicted molar refractivity (Wildman–Crippen MR) is 109 cm³/mol. The molecule has 0 radical (unpaired) electrons. The molecule has 4 amide bonds. The highest BCUT2D eigenvalue weighted by Crippen LogP contribution is 2.18. The SMILES string of the molecule is COc1cc(OC)nc(NC(=O)NS(=O)(=O)c2ncccc2C(=O)N(C)C)n1.NC(=O)O. The minimum atomic E-state index is -4.46. The number of aromatic nitrogens is 3. The van der Waals surface area contributed by atoms with E-state index >= 15 is 0 Å². The predicted octanol–water partition coefficient (Wildman–Crippen LogP) is -0.276. The number of ether oxygens (including phenoxy) is 2. The second-order valence-corrected chi connectivity index (χ2v) is 7.33. The van der Waals surface area contributed by atoms with Gasteiger partial charge in [-0.15, -0.1) is 0 Å². The van der Waals surface area contributed by atoms with Crippen LogP contribution in [0, 0.1) is 0 Å². The number of pyridine rings is 1. The highest BCUT2D eigenvalue weighted by Gasteiger charge is 2.27. The van der Waals surface area contributed by atoms with Crippen LogP contribution >= 0.6 is 0 Å². The fourth-order valence-electron chi connectivity index (χ4n) is 1.98. The number of anilines is 1. The number of carboxylic acid groups (broad SMARTS) is 1. The molecule has 16 heteroatoms. The van der Waals surface area contributed by atoms with Crippen LogP contribution < -0.4 is 25.2 Å². The highest BCUT2D eigenvalue weighted by atomic mass is 32.2. The molecule has 0 aromatic carbocycles. The van der Waals surface area contributed by atoms with Crippen LogP contribution in [-0.4, -0.2) is 79.7 Å². The zero-order valence-corrected chi connectivity index (χ0v) is 18.2. The average molecular weight is 471 g/mol. The van der Waals surface area contributed by atoms with Crippen LogP contribution in [0.5, 0.6) is 11.8 Å². The van der Waals surface area contributed by atoms with E-state index in [1.807, 2.05) is 0 Å². The third-order valence-electron chi connectivity index (χ3n) is 3.21. The zero-order chi connectivity index (χ0) is 24.5. The molecule has 5 N–H and O–H groups in total. The molecule has 15 nitrogen and oxygen atoms in total. The van der Waals surface area contributed by atoms with Gasteiger partial charge in [-0.2, -0.15) is 18.4 Å². The van der Waals surface area contributed by atoms with Crippen molar-refractivity contribution < 1.29 is 37.4 Å². The molecule has 0 fully saturated rings. The number of hydrogen-bond donors (Lipinski definition) is 4. The van der Waals surface area contributed by atoms with Crippen molar-refractivity contribution in [2.24, 2.45) is 5.73 Å². The summed E-state index contributed by atoms with van der Waals surface area (Å²) in [5, 5.41) is 8.76. The maximum Gasteiger partial charge on any atom is 0.402 e. The molecule has 0 saturated carbocycles. The minimum Gasteiger partial charge on any atom is -0.481 e. The summed E-state index contributed by atoms with van der Waals surface area (Å²) in [5.41, 5.74) is 3.84. The number of amides is 4. The topological polar surface area (TPSA) is 216 Å². The standard InChI is InChI=1S/C15H18N6O6S.CH3NO2/c1-21(2)13(22)9-6-5-7-16-12(9)28(24,25)20-15(23)19-14-17-10(26-3)8-11(18-14)27-4;2-1(3)4/h5-8H,1-4H3,(H2,17,18,19,20,23);2H2,(H,3,4). The number of nitrogens with one attached hydrogen (secondary N) is 2. The summed E-state index contributed by atoms with van der Waals surface area (Å²) in [4.78, 5) is 45.7. The fourth-order valence-corrected chi connectivity index (χ4v) is 3.01. The number of primary amides is 1. The van der Waals surface area contributed by atoms with Gasteiger partial charge in [0.1, 0.15) is 0 Å². The number of carbonyl (C=O) groups excluding carboxylic acids is 2. The molecule has 2 aromatic rings. The molecule has 32 heavy (non-hydrogen) atoms. The van der Waals surface area contributed by atoms with E-state index in [1.54, 1.807) is 4.72 Å². The average Bonchev–Trinajstić information content (AvgIpc) is 2.71. The van der Waals surface area contributed by atoms with Crippen LogP contribution in [0.25, 0.3) is 0 Å². The first-order valence-corrected chi connectivity index (χ1v) is 9.85. The van der Waals surface area contributed by atoms with Gasteiger partial charge in [-0.1, -0.05) is 0 Å². The van der Waals surface area contributed by atoms with E-state index in [0.29, 0.717) is 0 Å². The van der Waals surface area contributed by atoms with Gasteiger partial charge in [0.2, 0.25) is 17.7 Å². The van der Waals surface area contributed by atoms with Crippen LogP contribution in [0.15, 0.2) is 29.4 Å². The molecule has 0 aliphatic heterocycles. The number of hydrogen-bond acceptors (Lipinski definition) is 10. The Morgan fingerprint density at radius 3 is 2.12 bits per heavy atom. The van der Waals surface area contributed by atoms with Gasteiger partial charge in [0.25, 0.3) is 15.9 Å². The first-order chi connectivity index (χ1) is 14.9. The number of nitrogens with two attached hydrogens (primary N) is 1. The van der Waals surface area contributed by atoms with Gasteiger partial charge in [0.05, 0.1) is 25.8 Å². The molecule has 0 unspecified atom stereocenters. The Morgan fingerprint density at radius 2 is 1.66 bits per heavy atom.